The number of carbonyl (C=O) groups is 1. The number of rotatable bonds is 8. The summed E-state index contributed by atoms with van der Waals surface area (Å²) in [5.74, 6) is 0.526. The Morgan fingerprint density at radius 1 is 0.946 bits per heavy atom. The van der Waals surface area contributed by atoms with Crippen molar-refractivity contribution >= 4 is 17.3 Å². The first-order valence-electron chi connectivity index (χ1n) is 12.8. The number of amides is 1. The Morgan fingerprint density at radius 3 is 2.41 bits per heavy atom. The molecular formula is C30H33N5O2. The van der Waals surface area contributed by atoms with Gasteiger partial charge in [-0.3, -0.25) is 9.48 Å². The summed E-state index contributed by atoms with van der Waals surface area (Å²) in [4.78, 5) is 18.3. The van der Waals surface area contributed by atoms with Crippen LogP contribution in [0.5, 0.6) is 5.75 Å². The molecule has 0 spiro atoms. The van der Waals surface area contributed by atoms with E-state index in [1.165, 1.54) is 5.69 Å². The van der Waals surface area contributed by atoms with E-state index in [0.717, 1.165) is 55.3 Å². The van der Waals surface area contributed by atoms with Gasteiger partial charge in [0.1, 0.15) is 11.4 Å². The molecule has 7 nitrogen and oxygen atoms in total. The van der Waals surface area contributed by atoms with Crippen LogP contribution < -0.4 is 15.0 Å². The summed E-state index contributed by atoms with van der Waals surface area (Å²) in [6, 6.07) is 25.8. The zero-order valence-electron chi connectivity index (χ0n) is 21.4. The Bertz CT molecular complexity index is 1330. The van der Waals surface area contributed by atoms with Crippen LogP contribution in [0.3, 0.4) is 0 Å². The summed E-state index contributed by atoms with van der Waals surface area (Å²) in [5, 5.41) is 7.86. The fraction of sp³-hybridized carbons (Fsp3) is 0.267. The van der Waals surface area contributed by atoms with Crippen molar-refractivity contribution in [3.63, 3.8) is 0 Å². The van der Waals surface area contributed by atoms with Gasteiger partial charge in [-0.1, -0.05) is 49.4 Å². The number of hydrogen-bond acceptors (Lipinski definition) is 5. The van der Waals surface area contributed by atoms with Crippen molar-refractivity contribution in [3.8, 4) is 17.0 Å². The lowest BCUT2D eigenvalue weighted by atomic mass is 10.1. The van der Waals surface area contributed by atoms with E-state index in [-0.39, 0.29) is 5.91 Å². The summed E-state index contributed by atoms with van der Waals surface area (Å²) in [6.07, 6.45) is 1.82. The van der Waals surface area contributed by atoms with Gasteiger partial charge < -0.3 is 19.9 Å². The van der Waals surface area contributed by atoms with Crippen LogP contribution >= 0.6 is 0 Å². The van der Waals surface area contributed by atoms with Gasteiger partial charge in [0.25, 0.3) is 5.91 Å². The Balaban J connectivity index is 1.36. The molecule has 0 radical (unpaired) electrons. The van der Waals surface area contributed by atoms with Gasteiger partial charge in [0.05, 0.1) is 19.2 Å². The summed E-state index contributed by atoms with van der Waals surface area (Å²) in [6.45, 7) is 8.07. The molecule has 1 aliphatic rings. The van der Waals surface area contributed by atoms with Gasteiger partial charge in [0.15, 0.2) is 0 Å². The fourth-order valence-electron chi connectivity index (χ4n) is 4.70. The van der Waals surface area contributed by atoms with Gasteiger partial charge in [0.2, 0.25) is 0 Å². The first-order chi connectivity index (χ1) is 18.1. The number of hydrogen-bond donors (Lipinski definition) is 1. The monoisotopic (exact) mass is 495 g/mol. The first kappa shape index (κ1) is 24.6. The lowest BCUT2D eigenvalue weighted by Gasteiger charge is -2.35. The van der Waals surface area contributed by atoms with Gasteiger partial charge in [-0.05, 0) is 48.5 Å². The second-order valence-corrected chi connectivity index (χ2v) is 9.23. The van der Waals surface area contributed by atoms with E-state index in [0.29, 0.717) is 17.8 Å². The Morgan fingerprint density at radius 2 is 1.70 bits per heavy atom. The maximum atomic E-state index is 13.5. The third kappa shape index (κ3) is 5.84. The van der Waals surface area contributed by atoms with E-state index < -0.39 is 0 Å². The highest BCUT2D eigenvalue weighted by atomic mass is 16.5. The highest BCUT2D eigenvalue weighted by Gasteiger charge is 2.20. The van der Waals surface area contributed by atoms with Crippen molar-refractivity contribution in [1.29, 1.82) is 0 Å². The number of ether oxygens (including phenoxy) is 1. The SMILES string of the molecule is CCN1CCN(c2ccc(NC(=O)c3cn(Cc4ccccc4)nc3-c3cccc(OC)c3)cc2)CC1. The molecule has 2 heterocycles. The molecule has 0 atom stereocenters. The average Bonchev–Trinajstić information content (AvgIpc) is 3.38. The maximum absolute atomic E-state index is 13.5. The largest absolute Gasteiger partial charge is 0.497 e. The number of benzene rings is 3. The number of piperazine rings is 1. The molecule has 5 rings (SSSR count). The zero-order chi connectivity index (χ0) is 25.6. The molecule has 3 aromatic carbocycles. The van der Waals surface area contributed by atoms with Crippen LogP contribution in [0.2, 0.25) is 0 Å². The molecular weight excluding hydrogens is 462 g/mol. The first-order valence-corrected chi connectivity index (χ1v) is 12.8. The van der Waals surface area contributed by atoms with E-state index in [1.807, 2.05) is 65.5 Å². The van der Waals surface area contributed by atoms with Crippen molar-refractivity contribution in [3.05, 3.63) is 96.2 Å². The second kappa shape index (κ2) is 11.3. The Kier molecular flexibility index (Phi) is 7.51. The van der Waals surface area contributed by atoms with Crippen molar-refractivity contribution in [1.82, 2.24) is 14.7 Å². The minimum Gasteiger partial charge on any atom is -0.497 e. The molecule has 7 heteroatoms. The topological polar surface area (TPSA) is 62.6 Å². The number of nitrogens with one attached hydrogen (secondary N) is 1. The van der Waals surface area contributed by atoms with Gasteiger partial charge in [-0.15, -0.1) is 0 Å². The second-order valence-electron chi connectivity index (χ2n) is 9.23. The number of likely N-dealkylation sites (N-methyl/N-ethyl adjacent to an activating group) is 1. The van der Waals surface area contributed by atoms with E-state index in [4.69, 9.17) is 9.84 Å². The van der Waals surface area contributed by atoms with Crippen LogP contribution in [0.25, 0.3) is 11.3 Å². The smallest absolute Gasteiger partial charge is 0.259 e. The standard InChI is InChI=1S/C30H33N5O2/c1-3-33-16-18-34(19-17-33)26-14-12-25(13-15-26)31-30(36)28-22-35(21-23-8-5-4-6-9-23)32-29(28)24-10-7-11-27(20-24)37-2/h4-15,20,22H,3,16-19,21H2,1-2H3,(H,31,36). The molecule has 0 unspecified atom stereocenters. The Labute approximate surface area is 218 Å². The van der Waals surface area contributed by atoms with Gasteiger partial charge in [-0.25, -0.2) is 0 Å². The average molecular weight is 496 g/mol. The van der Waals surface area contributed by atoms with Crippen molar-refractivity contribution < 1.29 is 9.53 Å². The minimum atomic E-state index is -0.193. The molecule has 190 valence electrons. The number of aromatic nitrogens is 2. The molecule has 1 saturated heterocycles. The highest BCUT2D eigenvalue weighted by molar-refractivity contribution is 6.08. The molecule has 0 aliphatic carbocycles. The molecule has 1 aromatic heterocycles. The molecule has 1 N–H and O–H groups in total. The fourth-order valence-corrected chi connectivity index (χ4v) is 4.70. The van der Waals surface area contributed by atoms with Gasteiger partial charge in [-0.2, -0.15) is 5.10 Å². The van der Waals surface area contributed by atoms with E-state index >= 15 is 0 Å². The summed E-state index contributed by atoms with van der Waals surface area (Å²) >= 11 is 0. The Hall–Kier alpha value is -4.10. The lowest BCUT2D eigenvalue weighted by molar-refractivity contribution is 0.102. The third-order valence-electron chi connectivity index (χ3n) is 6.85. The normalized spacial score (nSPS) is 13.9. The van der Waals surface area contributed by atoms with Crippen LogP contribution in [0.15, 0.2) is 85.1 Å². The van der Waals surface area contributed by atoms with Crippen molar-refractivity contribution in [2.45, 2.75) is 13.5 Å². The maximum Gasteiger partial charge on any atom is 0.259 e. The quantitative estimate of drug-likeness (QED) is 0.373. The van der Waals surface area contributed by atoms with Crippen LogP contribution in [0, 0.1) is 0 Å². The number of carbonyl (C=O) groups excluding carboxylic acids is 1. The molecule has 0 bridgehead atoms. The van der Waals surface area contributed by atoms with E-state index in [2.05, 4.69) is 46.3 Å². The van der Waals surface area contributed by atoms with E-state index in [9.17, 15) is 4.79 Å². The number of nitrogens with zero attached hydrogens (tertiary/aromatic N) is 4. The summed E-state index contributed by atoms with van der Waals surface area (Å²) in [7, 11) is 1.63. The van der Waals surface area contributed by atoms with Crippen molar-refractivity contribution in [2.75, 3.05) is 50.1 Å². The number of methoxy groups -OCH3 is 1. The lowest BCUT2D eigenvalue weighted by Crippen LogP contribution is -2.46. The molecule has 37 heavy (non-hydrogen) atoms. The van der Waals surface area contributed by atoms with Crippen LogP contribution in [0.1, 0.15) is 22.8 Å². The highest BCUT2D eigenvalue weighted by Crippen LogP contribution is 2.27. The molecule has 0 saturated carbocycles. The predicted molar refractivity (Wildman–Crippen MR) is 148 cm³/mol. The number of anilines is 2. The third-order valence-corrected chi connectivity index (χ3v) is 6.85. The summed E-state index contributed by atoms with van der Waals surface area (Å²) < 4.78 is 7.22. The molecule has 4 aromatic rings. The predicted octanol–water partition coefficient (Wildman–Crippen LogP) is 5.00. The van der Waals surface area contributed by atoms with Gasteiger partial charge >= 0.3 is 0 Å². The van der Waals surface area contributed by atoms with Crippen LogP contribution in [-0.2, 0) is 6.54 Å². The summed E-state index contributed by atoms with van der Waals surface area (Å²) in [5.41, 5.74) is 5.03. The molecule has 1 aliphatic heterocycles. The van der Waals surface area contributed by atoms with Crippen molar-refractivity contribution in [2.24, 2.45) is 0 Å². The van der Waals surface area contributed by atoms with Crippen LogP contribution in [-0.4, -0.2) is 60.4 Å². The minimum absolute atomic E-state index is 0.193. The van der Waals surface area contributed by atoms with E-state index in [1.54, 1.807) is 7.11 Å². The van der Waals surface area contributed by atoms with Gasteiger partial charge in [0, 0.05) is 49.3 Å². The van der Waals surface area contributed by atoms with Crippen LogP contribution in [0.4, 0.5) is 11.4 Å². The zero-order valence-corrected chi connectivity index (χ0v) is 21.4. The molecule has 1 fully saturated rings. The molecule has 1 amide bonds.